The van der Waals surface area contributed by atoms with Crippen LogP contribution in [0.15, 0.2) is 24.3 Å². The highest BCUT2D eigenvalue weighted by Crippen LogP contribution is 2.05. The standard InChI is InChI=1S/C10H13BrO/c1-9-3-2-4-10(7-9)8-12-6-5-11/h2-4,7H,5-6,8H2,1H3. The maximum Gasteiger partial charge on any atom is 0.0717 e. The van der Waals surface area contributed by atoms with Crippen molar-refractivity contribution in [3.8, 4) is 0 Å². The van der Waals surface area contributed by atoms with Crippen molar-refractivity contribution in [1.82, 2.24) is 0 Å². The first-order chi connectivity index (χ1) is 5.83. The van der Waals surface area contributed by atoms with Gasteiger partial charge in [0.05, 0.1) is 13.2 Å². The van der Waals surface area contributed by atoms with E-state index in [4.69, 9.17) is 4.74 Å². The van der Waals surface area contributed by atoms with E-state index < -0.39 is 0 Å². The number of halogens is 1. The molecule has 0 amide bonds. The molecule has 0 fully saturated rings. The van der Waals surface area contributed by atoms with Crippen LogP contribution in [0.4, 0.5) is 0 Å². The van der Waals surface area contributed by atoms with E-state index in [2.05, 4.69) is 47.1 Å². The van der Waals surface area contributed by atoms with Gasteiger partial charge in [0.1, 0.15) is 0 Å². The molecule has 2 heteroatoms. The molecule has 0 radical (unpaired) electrons. The van der Waals surface area contributed by atoms with Crippen LogP contribution >= 0.6 is 15.9 Å². The average Bonchev–Trinajstić information content (AvgIpc) is 2.05. The summed E-state index contributed by atoms with van der Waals surface area (Å²) in [5, 5.41) is 0.902. The van der Waals surface area contributed by atoms with Gasteiger partial charge < -0.3 is 4.74 Å². The van der Waals surface area contributed by atoms with Crippen LogP contribution in [0.5, 0.6) is 0 Å². The fraction of sp³-hybridized carbons (Fsp3) is 0.400. The van der Waals surface area contributed by atoms with Crippen molar-refractivity contribution in [1.29, 1.82) is 0 Å². The molecule has 0 aliphatic rings. The van der Waals surface area contributed by atoms with Crippen molar-refractivity contribution in [2.75, 3.05) is 11.9 Å². The number of hydrogen-bond donors (Lipinski definition) is 0. The Morgan fingerprint density at radius 3 is 2.92 bits per heavy atom. The number of aryl methyl sites for hydroxylation is 1. The van der Waals surface area contributed by atoms with E-state index >= 15 is 0 Å². The molecule has 0 unspecified atom stereocenters. The van der Waals surface area contributed by atoms with Crippen LogP contribution in [-0.4, -0.2) is 11.9 Å². The predicted molar refractivity (Wildman–Crippen MR) is 54.6 cm³/mol. The van der Waals surface area contributed by atoms with Crippen LogP contribution in [0.25, 0.3) is 0 Å². The van der Waals surface area contributed by atoms with Gasteiger partial charge in [0.2, 0.25) is 0 Å². The second-order valence-corrected chi connectivity index (χ2v) is 3.52. The van der Waals surface area contributed by atoms with Crippen LogP contribution in [0.3, 0.4) is 0 Å². The van der Waals surface area contributed by atoms with Crippen LogP contribution in [-0.2, 0) is 11.3 Å². The molecule has 1 rings (SSSR count). The Kier molecular flexibility index (Phi) is 4.33. The van der Waals surface area contributed by atoms with Crippen molar-refractivity contribution in [2.45, 2.75) is 13.5 Å². The van der Waals surface area contributed by atoms with Gasteiger partial charge in [-0.2, -0.15) is 0 Å². The molecule has 0 bridgehead atoms. The lowest BCUT2D eigenvalue weighted by atomic mass is 10.1. The predicted octanol–water partition coefficient (Wildman–Crippen LogP) is 2.91. The number of alkyl halides is 1. The second-order valence-electron chi connectivity index (χ2n) is 2.73. The zero-order chi connectivity index (χ0) is 8.81. The summed E-state index contributed by atoms with van der Waals surface area (Å²) in [5.74, 6) is 0. The van der Waals surface area contributed by atoms with E-state index in [9.17, 15) is 0 Å². The summed E-state index contributed by atoms with van der Waals surface area (Å²) in [5.41, 5.74) is 2.53. The Labute approximate surface area is 81.9 Å². The highest BCUT2D eigenvalue weighted by atomic mass is 79.9. The number of hydrogen-bond acceptors (Lipinski definition) is 1. The highest BCUT2D eigenvalue weighted by Gasteiger charge is 1.92. The monoisotopic (exact) mass is 228 g/mol. The van der Waals surface area contributed by atoms with Crippen LogP contribution in [0, 0.1) is 6.92 Å². The SMILES string of the molecule is Cc1cccc(COCCBr)c1. The van der Waals surface area contributed by atoms with E-state index in [1.807, 2.05) is 0 Å². The third-order valence-corrected chi connectivity index (χ3v) is 1.90. The summed E-state index contributed by atoms with van der Waals surface area (Å²) < 4.78 is 5.38. The van der Waals surface area contributed by atoms with Crippen molar-refractivity contribution < 1.29 is 4.74 Å². The minimum absolute atomic E-state index is 0.716. The maximum absolute atomic E-state index is 5.38. The first kappa shape index (κ1) is 9.75. The number of rotatable bonds is 4. The molecule has 0 heterocycles. The molecule has 0 saturated heterocycles. The summed E-state index contributed by atoms with van der Waals surface area (Å²) in [4.78, 5) is 0. The largest absolute Gasteiger partial charge is 0.376 e. The minimum Gasteiger partial charge on any atom is -0.376 e. The lowest BCUT2D eigenvalue weighted by Gasteiger charge is -2.02. The number of benzene rings is 1. The van der Waals surface area contributed by atoms with E-state index in [0.717, 1.165) is 11.9 Å². The first-order valence-electron chi connectivity index (χ1n) is 4.02. The molecular formula is C10H13BrO. The van der Waals surface area contributed by atoms with Crippen LogP contribution in [0.2, 0.25) is 0 Å². The second kappa shape index (κ2) is 5.33. The van der Waals surface area contributed by atoms with Crippen molar-refractivity contribution >= 4 is 15.9 Å². The van der Waals surface area contributed by atoms with Gasteiger partial charge in [0.15, 0.2) is 0 Å². The minimum atomic E-state index is 0.716. The summed E-state index contributed by atoms with van der Waals surface area (Å²) in [6.07, 6.45) is 0. The van der Waals surface area contributed by atoms with Crippen molar-refractivity contribution in [3.05, 3.63) is 35.4 Å². The summed E-state index contributed by atoms with van der Waals surface area (Å²) in [6.45, 7) is 3.58. The van der Waals surface area contributed by atoms with Gasteiger partial charge in [-0.25, -0.2) is 0 Å². The Bertz CT molecular complexity index is 235. The summed E-state index contributed by atoms with van der Waals surface area (Å²) in [7, 11) is 0. The molecule has 0 aliphatic heterocycles. The highest BCUT2D eigenvalue weighted by molar-refractivity contribution is 9.09. The zero-order valence-corrected chi connectivity index (χ0v) is 8.80. The lowest BCUT2D eigenvalue weighted by molar-refractivity contribution is 0.137. The first-order valence-corrected chi connectivity index (χ1v) is 5.14. The Hall–Kier alpha value is -0.340. The van der Waals surface area contributed by atoms with Crippen LogP contribution < -0.4 is 0 Å². The Balaban J connectivity index is 2.41. The van der Waals surface area contributed by atoms with Crippen LogP contribution in [0.1, 0.15) is 11.1 Å². The third kappa shape index (κ3) is 3.37. The van der Waals surface area contributed by atoms with Crippen molar-refractivity contribution in [2.24, 2.45) is 0 Å². The molecule has 0 spiro atoms. The van der Waals surface area contributed by atoms with Gasteiger partial charge in [-0.05, 0) is 12.5 Å². The molecule has 0 saturated carbocycles. The molecule has 0 atom stereocenters. The molecule has 1 aromatic rings. The zero-order valence-electron chi connectivity index (χ0n) is 7.22. The van der Waals surface area contributed by atoms with Gasteiger partial charge in [0, 0.05) is 5.33 Å². The van der Waals surface area contributed by atoms with E-state index in [1.54, 1.807) is 0 Å². The topological polar surface area (TPSA) is 9.23 Å². The molecule has 0 aliphatic carbocycles. The molecular weight excluding hydrogens is 216 g/mol. The molecule has 0 N–H and O–H groups in total. The van der Waals surface area contributed by atoms with Gasteiger partial charge in [0.25, 0.3) is 0 Å². The van der Waals surface area contributed by atoms with E-state index in [0.29, 0.717) is 6.61 Å². The molecule has 0 aromatic heterocycles. The quantitative estimate of drug-likeness (QED) is 0.569. The van der Waals surface area contributed by atoms with Crippen molar-refractivity contribution in [3.63, 3.8) is 0 Å². The molecule has 1 aromatic carbocycles. The van der Waals surface area contributed by atoms with Gasteiger partial charge in [-0.3, -0.25) is 0 Å². The summed E-state index contributed by atoms with van der Waals surface area (Å²) in [6, 6.07) is 8.38. The smallest absolute Gasteiger partial charge is 0.0717 e. The normalized spacial score (nSPS) is 10.2. The fourth-order valence-corrected chi connectivity index (χ4v) is 1.28. The lowest BCUT2D eigenvalue weighted by Crippen LogP contribution is -1.95. The number of ether oxygens (including phenoxy) is 1. The average molecular weight is 229 g/mol. The summed E-state index contributed by atoms with van der Waals surface area (Å²) >= 11 is 3.31. The van der Waals surface area contributed by atoms with Gasteiger partial charge in [-0.15, -0.1) is 0 Å². The Morgan fingerprint density at radius 1 is 1.42 bits per heavy atom. The van der Waals surface area contributed by atoms with Gasteiger partial charge >= 0.3 is 0 Å². The molecule has 66 valence electrons. The fourth-order valence-electron chi connectivity index (χ4n) is 1.05. The maximum atomic E-state index is 5.38. The molecule has 1 nitrogen and oxygen atoms in total. The van der Waals surface area contributed by atoms with E-state index in [1.165, 1.54) is 11.1 Å². The van der Waals surface area contributed by atoms with E-state index in [-0.39, 0.29) is 0 Å². The van der Waals surface area contributed by atoms with Gasteiger partial charge in [-0.1, -0.05) is 45.8 Å². The molecule has 12 heavy (non-hydrogen) atoms. The Morgan fingerprint density at radius 2 is 2.25 bits per heavy atom. The third-order valence-electron chi connectivity index (χ3n) is 1.57.